The van der Waals surface area contributed by atoms with Gasteiger partial charge in [-0.05, 0) is 46.7 Å². The van der Waals surface area contributed by atoms with Crippen molar-refractivity contribution in [2.45, 2.75) is 58.2 Å². The van der Waals surface area contributed by atoms with Gasteiger partial charge in [0.25, 0.3) is 0 Å². The summed E-state index contributed by atoms with van der Waals surface area (Å²) in [5.74, 6) is 1.57. The van der Waals surface area contributed by atoms with Crippen molar-refractivity contribution in [3.8, 4) is 0 Å². The van der Waals surface area contributed by atoms with Gasteiger partial charge in [0.1, 0.15) is 5.82 Å². The Hall–Kier alpha value is -1.40. The second kappa shape index (κ2) is 7.87. The normalized spacial score (nSPS) is 26.1. The number of rotatable bonds is 6. The average Bonchev–Trinajstić information content (AvgIpc) is 3.15. The van der Waals surface area contributed by atoms with Crippen LogP contribution in [0.2, 0.25) is 0 Å². The largest absolute Gasteiger partial charge is 0.336 e. The molecule has 0 unspecified atom stereocenters. The van der Waals surface area contributed by atoms with Crippen molar-refractivity contribution in [2.24, 2.45) is 13.0 Å². The summed E-state index contributed by atoms with van der Waals surface area (Å²) in [4.78, 5) is 21.5. The number of hydrogen-bond acceptors (Lipinski definition) is 4. The predicted octanol–water partition coefficient (Wildman–Crippen LogP) is 1.79. The third kappa shape index (κ3) is 3.90. The fourth-order valence-electron chi connectivity index (χ4n) is 4.37. The van der Waals surface area contributed by atoms with Crippen LogP contribution < -0.4 is 5.32 Å². The monoisotopic (exact) mass is 347 g/mol. The highest BCUT2D eigenvalue weighted by Gasteiger charge is 2.41. The average molecular weight is 348 g/mol. The lowest BCUT2D eigenvalue weighted by molar-refractivity contribution is -0.128. The van der Waals surface area contributed by atoms with E-state index in [-0.39, 0.29) is 11.9 Å². The molecule has 2 atom stereocenters. The van der Waals surface area contributed by atoms with Gasteiger partial charge in [-0.2, -0.15) is 0 Å². The van der Waals surface area contributed by atoms with Crippen LogP contribution in [-0.2, 0) is 11.8 Å². The Balaban J connectivity index is 1.61. The fraction of sp³-hybridized carbons (Fsp3) is 0.789. The number of carbonyl (C=O) groups is 1. The SMILES string of the molecule is CCN1C(=O)C[C@@H](CNC2CCN(C(C)C)CC2)[C@@H]1c1nccn1C. The lowest BCUT2D eigenvalue weighted by Crippen LogP contribution is -2.46. The zero-order valence-electron chi connectivity index (χ0n) is 16.1. The molecule has 2 aliphatic rings. The number of imidazole rings is 1. The standard InChI is InChI=1S/C19H33N5O/c1-5-24-17(25)12-15(18(24)19-20-8-11-22(19)4)13-21-16-6-9-23(10-7-16)14(2)3/h8,11,14-16,18,21H,5-7,9-10,12-13H2,1-4H3/t15-,18+/m0/s1. The summed E-state index contributed by atoms with van der Waals surface area (Å²) in [6.45, 7) is 10.6. The Morgan fingerprint density at radius 1 is 1.32 bits per heavy atom. The van der Waals surface area contributed by atoms with Crippen molar-refractivity contribution in [3.63, 3.8) is 0 Å². The fourth-order valence-corrected chi connectivity index (χ4v) is 4.37. The molecule has 6 heteroatoms. The van der Waals surface area contributed by atoms with Gasteiger partial charge in [0.05, 0.1) is 6.04 Å². The number of hydrogen-bond donors (Lipinski definition) is 1. The highest BCUT2D eigenvalue weighted by atomic mass is 16.2. The van der Waals surface area contributed by atoms with E-state index in [0.29, 0.717) is 24.4 Å². The molecule has 2 saturated heterocycles. The Morgan fingerprint density at radius 3 is 2.60 bits per heavy atom. The van der Waals surface area contributed by atoms with Crippen molar-refractivity contribution in [1.82, 2.24) is 24.7 Å². The van der Waals surface area contributed by atoms with Gasteiger partial charge in [0.15, 0.2) is 0 Å². The molecule has 3 rings (SSSR count). The predicted molar refractivity (Wildman–Crippen MR) is 99.2 cm³/mol. The van der Waals surface area contributed by atoms with E-state index in [1.165, 1.54) is 25.9 Å². The minimum Gasteiger partial charge on any atom is -0.336 e. The van der Waals surface area contributed by atoms with E-state index < -0.39 is 0 Å². The molecule has 140 valence electrons. The maximum atomic E-state index is 12.5. The number of nitrogens with zero attached hydrogens (tertiary/aromatic N) is 4. The number of aryl methyl sites for hydroxylation is 1. The first-order valence-corrected chi connectivity index (χ1v) is 9.75. The Labute approximate surface area is 151 Å². The van der Waals surface area contributed by atoms with Gasteiger partial charge in [-0.25, -0.2) is 4.98 Å². The molecule has 0 aromatic carbocycles. The highest BCUT2D eigenvalue weighted by Crippen LogP contribution is 2.36. The summed E-state index contributed by atoms with van der Waals surface area (Å²) in [7, 11) is 2.02. The van der Waals surface area contributed by atoms with E-state index in [9.17, 15) is 4.79 Å². The molecule has 3 heterocycles. The zero-order chi connectivity index (χ0) is 18.0. The highest BCUT2D eigenvalue weighted by molar-refractivity contribution is 5.79. The van der Waals surface area contributed by atoms with E-state index in [0.717, 1.165) is 18.9 Å². The number of carbonyl (C=O) groups excluding carboxylic acids is 1. The van der Waals surface area contributed by atoms with Crippen LogP contribution in [0.5, 0.6) is 0 Å². The zero-order valence-corrected chi connectivity index (χ0v) is 16.1. The van der Waals surface area contributed by atoms with Gasteiger partial charge in [-0.15, -0.1) is 0 Å². The molecule has 1 aromatic rings. The van der Waals surface area contributed by atoms with Crippen LogP contribution in [0.3, 0.4) is 0 Å². The van der Waals surface area contributed by atoms with Gasteiger partial charge in [0, 0.05) is 57.0 Å². The van der Waals surface area contributed by atoms with Gasteiger partial charge in [-0.3, -0.25) is 4.79 Å². The maximum absolute atomic E-state index is 12.5. The lowest BCUT2D eigenvalue weighted by atomic mass is 9.97. The first-order valence-electron chi connectivity index (χ1n) is 9.75. The van der Waals surface area contributed by atoms with Crippen LogP contribution in [0.15, 0.2) is 12.4 Å². The van der Waals surface area contributed by atoms with Crippen LogP contribution in [0.1, 0.15) is 51.9 Å². The molecular weight excluding hydrogens is 314 g/mol. The molecule has 0 saturated carbocycles. The molecule has 1 N–H and O–H groups in total. The second-order valence-electron chi connectivity index (χ2n) is 7.80. The van der Waals surface area contributed by atoms with E-state index >= 15 is 0 Å². The Bertz CT molecular complexity index is 576. The molecule has 25 heavy (non-hydrogen) atoms. The topological polar surface area (TPSA) is 53.4 Å². The first-order chi connectivity index (χ1) is 12.0. The van der Waals surface area contributed by atoms with Crippen LogP contribution in [0, 0.1) is 5.92 Å². The number of aromatic nitrogens is 2. The number of amides is 1. The van der Waals surface area contributed by atoms with Gasteiger partial charge >= 0.3 is 0 Å². The van der Waals surface area contributed by atoms with E-state index in [4.69, 9.17) is 0 Å². The van der Waals surface area contributed by atoms with Crippen molar-refractivity contribution in [3.05, 3.63) is 18.2 Å². The molecule has 2 aliphatic heterocycles. The van der Waals surface area contributed by atoms with Crippen LogP contribution in [-0.4, -0.2) is 63.5 Å². The van der Waals surface area contributed by atoms with Gasteiger partial charge in [-0.1, -0.05) is 0 Å². The molecule has 0 aliphatic carbocycles. The summed E-state index contributed by atoms with van der Waals surface area (Å²) >= 11 is 0. The minimum atomic E-state index is 0.0979. The first kappa shape index (κ1) is 18.4. The maximum Gasteiger partial charge on any atom is 0.223 e. The molecule has 0 bridgehead atoms. The number of likely N-dealkylation sites (tertiary alicyclic amines) is 2. The summed E-state index contributed by atoms with van der Waals surface area (Å²) in [5, 5.41) is 3.76. The molecule has 1 amide bonds. The molecule has 1 aromatic heterocycles. The minimum absolute atomic E-state index is 0.0979. The number of piperidine rings is 1. The van der Waals surface area contributed by atoms with Crippen molar-refractivity contribution >= 4 is 5.91 Å². The molecule has 0 spiro atoms. The van der Waals surface area contributed by atoms with E-state index in [1.54, 1.807) is 0 Å². The van der Waals surface area contributed by atoms with Gasteiger partial charge < -0.3 is 19.7 Å². The molecular formula is C19H33N5O. The van der Waals surface area contributed by atoms with Crippen molar-refractivity contribution in [2.75, 3.05) is 26.2 Å². The van der Waals surface area contributed by atoms with E-state index in [1.807, 2.05) is 24.3 Å². The van der Waals surface area contributed by atoms with Crippen molar-refractivity contribution in [1.29, 1.82) is 0 Å². The van der Waals surface area contributed by atoms with Crippen LogP contribution in [0.4, 0.5) is 0 Å². The summed E-state index contributed by atoms with van der Waals surface area (Å²) in [6, 6.07) is 1.31. The smallest absolute Gasteiger partial charge is 0.223 e. The number of nitrogens with one attached hydrogen (secondary N) is 1. The summed E-state index contributed by atoms with van der Waals surface area (Å²) in [5.41, 5.74) is 0. The van der Waals surface area contributed by atoms with Crippen LogP contribution in [0.25, 0.3) is 0 Å². The Kier molecular flexibility index (Phi) is 5.79. The molecule has 6 nitrogen and oxygen atoms in total. The second-order valence-corrected chi connectivity index (χ2v) is 7.80. The molecule has 0 radical (unpaired) electrons. The quantitative estimate of drug-likeness (QED) is 0.852. The third-order valence-corrected chi connectivity index (χ3v) is 5.93. The third-order valence-electron chi connectivity index (χ3n) is 5.93. The van der Waals surface area contributed by atoms with Crippen molar-refractivity contribution < 1.29 is 4.79 Å². The van der Waals surface area contributed by atoms with Crippen LogP contribution >= 0.6 is 0 Å². The van der Waals surface area contributed by atoms with E-state index in [2.05, 4.69) is 40.5 Å². The van der Waals surface area contributed by atoms with Gasteiger partial charge in [0.2, 0.25) is 5.91 Å². The summed E-state index contributed by atoms with van der Waals surface area (Å²) < 4.78 is 2.06. The Morgan fingerprint density at radius 2 is 2.04 bits per heavy atom. The summed E-state index contributed by atoms with van der Waals surface area (Å²) in [6.07, 6.45) is 6.83. The molecule has 2 fully saturated rings. The lowest BCUT2D eigenvalue weighted by Gasteiger charge is -2.35.